The lowest BCUT2D eigenvalue weighted by Gasteiger charge is -2.19. The highest BCUT2D eigenvalue weighted by Gasteiger charge is 2.26. The summed E-state index contributed by atoms with van der Waals surface area (Å²) in [4.78, 5) is 18.2. The average Bonchev–Trinajstić information content (AvgIpc) is 2.98. The number of rotatable bonds is 2. The van der Waals surface area contributed by atoms with Crippen molar-refractivity contribution in [2.45, 2.75) is 0 Å². The van der Waals surface area contributed by atoms with Crippen LogP contribution in [0.5, 0.6) is 5.75 Å². The summed E-state index contributed by atoms with van der Waals surface area (Å²) >= 11 is 0. The van der Waals surface area contributed by atoms with Crippen molar-refractivity contribution in [2.24, 2.45) is 4.99 Å². The molecule has 0 radical (unpaired) electrons. The van der Waals surface area contributed by atoms with Crippen LogP contribution in [0.25, 0.3) is 0 Å². The van der Waals surface area contributed by atoms with E-state index in [-0.39, 0.29) is 11.8 Å². The molecule has 5 heteroatoms. The Bertz CT molecular complexity index is 683. The van der Waals surface area contributed by atoms with E-state index in [2.05, 4.69) is 10.3 Å². The van der Waals surface area contributed by atoms with Gasteiger partial charge in [-0.25, -0.2) is 4.79 Å². The monoisotopic (exact) mass is 281 g/mol. The SMILES string of the molecule is O=C(Nc1ccccc1)N1CCN=C1c1ccccc1O. The Morgan fingerprint density at radius 1 is 1.10 bits per heavy atom. The van der Waals surface area contributed by atoms with Crippen LogP contribution in [-0.2, 0) is 0 Å². The molecule has 0 spiro atoms. The zero-order chi connectivity index (χ0) is 14.7. The number of aromatic hydroxyl groups is 1. The van der Waals surface area contributed by atoms with Crippen LogP contribution in [-0.4, -0.2) is 35.0 Å². The molecule has 1 heterocycles. The number of hydrogen-bond donors (Lipinski definition) is 2. The molecular weight excluding hydrogens is 266 g/mol. The number of amidine groups is 1. The van der Waals surface area contributed by atoms with Crippen molar-refractivity contribution in [3.63, 3.8) is 0 Å². The van der Waals surface area contributed by atoms with Gasteiger partial charge in [-0.3, -0.25) is 9.89 Å². The summed E-state index contributed by atoms with van der Waals surface area (Å²) in [5.41, 5.74) is 1.30. The highest BCUT2D eigenvalue weighted by Crippen LogP contribution is 2.21. The predicted octanol–water partition coefficient (Wildman–Crippen LogP) is 2.69. The fraction of sp³-hybridized carbons (Fsp3) is 0.125. The number of carbonyl (C=O) groups excluding carboxylic acids is 1. The number of anilines is 1. The number of aliphatic imine (C=N–C) groups is 1. The Morgan fingerprint density at radius 2 is 1.81 bits per heavy atom. The van der Waals surface area contributed by atoms with Gasteiger partial charge in [-0.05, 0) is 24.3 Å². The molecule has 0 saturated heterocycles. The van der Waals surface area contributed by atoms with Crippen LogP contribution in [0, 0.1) is 0 Å². The number of para-hydroxylation sites is 2. The van der Waals surface area contributed by atoms with E-state index in [0.717, 1.165) is 5.69 Å². The number of hydrogen-bond acceptors (Lipinski definition) is 3. The number of benzene rings is 2. The van der Waals surface area contributed by atoms with E-state index < -0.39 is 0 Å². The first-order valence-electron chi connectivity index (χ1n) is 6.72. The molecule has 2 N–H and O–H groups in total. The summed E-state index contributed by atoms with van der Waals surface area (Å²) in [5.74, 6) is 0.622. The van der Waals surface area contributed by atoms with Crippen molar-refractivity contribution in [3.8, 4) is 5.75 Å². The molecule has 0 aromatic heterocycles. The second-order valence-electron chi connectivity index (χ2n) is 4.67. The third-order valence-corrected chi connectivity index (χ3v) is 3.26. The molecule has 0 bridgehead atoms. The maximum Gasteiger partial charge on any atom is 0.327 e. The first-order valence-corrected chi connectivity index (χ1v) is 6.72. The van der Waals surface area contributed by atoms with Crippen molar-refractivity contribution < 1.29 is 9.90 Å². The molecule has 0 fully saturated rings. The van der Waals surface area contributed by atoms with Gasteiger partial charge in [0.05, 0.1) is 12.1 Å². The number of carbonyl (C=O) groups is 1. The van der Waals surface area contributed by atoms with Gasteiger partial charge in [0.15, 0.2) is 0 Å². The molecular formula is C16H15N3O2. The number of phenols is 1. The van der Waals surface area contributed by atoms with Crippen molar-refractivity contribution in [2.75, 3.05) is 18.4 Å². The molecule has 0 atom stereocenters. The van der Waals surface area contributed by atoms with E-state index in [1.54, 1.807) is 23.1 Å². The van der Waals surface area contributed by atoms with Crippen LogP contribution in [0.15, 0.2) is 59.6 Å². The standard InChI is InChI=1S/C16H15N3O2/c20-14-9-5-4-8-13(14)15-17-10-11-19(15)16(21)18-12-6-2-1-3-7-12/h1-9,20H,10-11H2,(H,18,21). The van der Waals surface area contributed by atoms with Crippen LogP contribution in [0.4, 0.5) is 10.5 Å². The van der Waals surface area contributed by atoms with E-state index in [9.17, 15) is 9.90 Å². The first-order chi connectivity index (χ1) is 10.3. The largest absolute Gasteiger partial charge is 0.507 e. The van der Waals surface area contributed by atoms with Gasteiger partial charge >= 0.3 is 6.03 Å². The third-order valence-electron chi connectivity index (χ3n) is 3.26. The summed E-state index contributed by atoms with van der Waals surface area (Å²) in [5, 5.41) is 12.7. The highest BCUT2D eigenvalue weighted by molar-refractivity contribution is 6.12. The quantitative estimate of drug-likeness (QED) is 0.889. The molecule has 2 amide bonds. The van der Waals surface area contributed by atoms with Crippen LogP contribution < -0.4 is 5.32 Å². The molecule has 3 rings (SSSR count). The van der Waals surface area contributed by atoms with E-state index in [1.807, 2.05) is 36.4 Å². The lowest BCUT2D eigenvalue weighted by Crippen LogP contribution is -2.38. The zero-order valence-corrected chi connectivity index (χ0v) is 11.4. The number of amides is 2. The Balaban J connectivity index is 1.81. The molecule has 0 unspecified atom stereocenters. The van der Waals surface area contributed by atoms with Crippen molar-refractivity contribution in [1.82, 2.24) is 4.90 Å². The van der Waals surface area contributed by atoms with Crippen molar-refractivity contribution in [3.05, 3.63) is 60.2 Å². The van der Waals surface area contributed by atoms with E-state index in [4.69, 9.17) is 0 Å². The number of phenolic OH excluding ortho intramolecular Hbond substituents is 1. The van der Waals surface area contributed by atoms with Crippen LogP contribution in [0.1, 0.15) is 5.56 Å². The Labute approximate surface area is 122 Å². The molecule has 0 aliphatic carbocycles. The van der Waals surface area contributed by atoms with E-state index >= 15 is 0 Å². The predicted molar refractivity (Wildman–Crippen MR) is 81.7 cm³/mol. The molecule has 0 saturated carbocycles. The second-order valence-corrected chi connectivity index (χ2v) is 4.67. The summed E-state index contributed by atoms with van der Waals surface area (Å²) in [6.45, 7) is 1.04. The van der Waals surface area contributed by atoms with Gasteiger partial charge in [-0.1, -0.05) is 30.3 Å². The fourth-order valence-electron chi connectivity index (χ4n) is 2.25. The molecule has 1 aliphatic heterocycles. The Hall–Kier alpha value is -2.82. The maximum absolute atomic E-state index is 12.4. The summed E-state index contributed by atoms with van der Waals surface area (Å²) in [7, 11) is 0. The van der Waals surface area contributed by atoms with Crippen molar-refractivity contribution in [1.29, 1.82) is 0 Å². The van der Waals surface area contributed by atoms with E-state index in [0.29, 0.717) is 24.5 Å². The first kappa shape index (κ1) is 13.2. The molecule has 2 aromatic rings. The lowest BCUT2D eigenvalue weighted by atomic mass is 10.2. The van der Waals surface area contributed by atoms with Gasteiger partial charge in [0.2, 0.25) is 0 Å². The highest BCUT2D eigenvalue weighted by atomic mass is 16.3. The second kappa shape index (κ2) is 5.66. The Morgan fingerprint density at radius 3 is 2.57 bits per heavy atom. The minimum Gasteiger partial charge on any atom is -0.507 e. The maximum atomic E-state index is 12.4. The van der Waals surface area contributed by atoms with Gasteiger partial charge in [-0.15, -0.1) is 0 Å². The van der Waals surface area contributed by atoms with Crippen LogP contribution in [0.3, 0.4) is 0 Å². The molecule has 106 valence electrons. The third kappa shape index (κ3) is 2.72. The number of nitrogens with one attached hydrogen (secondary N) is 1. The van der Waals surface area contributed by atoms with Crippen LogP contribution >= 0.6 is 0 Å². The zero-order valence-electron chi connectivity index (χ0n) is 11.4. The van der Waals surface area contributed by atoms with Gasteiger partial charge < -0.3 is 10.4 Å². The van der Waals surface area contributed by atoms with Crippen molar-refractivity contribution >= 4 is 17.6 Å². The average molecular weight is 281 g/mol. The smallest absolute Gasteiger partial charge is 0.327 e. The molecule has 21 heavy (non-hydrogen) atoms. The summed E-state index contributed by atoms with van der Waals surface area (Å²) < 4.78 is 0. The Kier molecular flexibility index (Phi) is 3.55. The van der Waals surface area contributed by atoms with Gasteiger partial charge in [0.25, 0.3) is 0 Å². The number of urea groups is 1. The molecule has 2 aromatic carbocycles. The topological polar surface area (TPSA) is 64.9 Å². The number of nitrogens with zero attached hydrogens (tertiary/aromatic N) is 2. The van der Waals surface area contributed by atoms with Gasteiger partial charge in [0, 0.05) is 12.2 Å². The van der Waals surface area contributed by atoms with Gasteiger partial charge in [0.1, 0.15) is 11.6 Å². The minimum atomic E-state index is -0.249. The van der Waals surface area contributed by atoms with Crippen LogP contribution in [0.2, 0.25) is 0 Å². The minimum absolute atomic E-state index is 0.121. The summed E-state index contributed by atoms with van der Waals surface area (Å²) in [6, 6.07) is 15.9. The van der Waals surface area contributed by atoms with E-state index in [1.165, 1.54) is 0 Å². The molecule has 1 aliphatic rings. The fourth-order valence-corrected chi connectivity index (χ4v) is 2.25. The molecule has 5 nitrogen and oxygen atoms in total. The van der Waals surface area contributed by atoms with Gasteiger partial charge in [-0.2, -0.15) is 0 Å². The normalized spacial score (nSPS) is 13.9. The lowest BCUT2D eigenvalue weighted by molar-refractivity contribution is 0.236. The summed E-state index contributed by atoms with van der Waals surface area (Å²) in [6.07, 6.45) is 0.